The maximum absolute atomic E-state index is 12.2. The number of nitrogens with zero attached hydrogens (tertiary/aromatic N) is 2. The number of hydrogen-bond acceptors (Lipinski definition) is 7. The van der Waals surface area contributed by atoms with Gasteiger partial charge in [-0.2, -0.15) is 0 Å². The number of nitrogens with two attached hydrogens (primary N) is 1. The zero-order valence-electron chi connectivity index (χ0n) is 19.8. The Hall–Kier alpha value is -3.36. The summed E-state index contributed by atoms with van der Waals surface area (Å²) >= 11 is 0. The highest BCUT2D eigenvalue weighted by molar-refractivity contribution is 6.08. The molecule has 0 aliphatic carbocycles. The summed E-state index contributed by atoms with van der Waals surface area (Å²) in [7, 11) is 1.60. The SMILES string of the molecule is CCc1ccccc1Nc1c(C(N)=O)cnc2cc(OCCCN3CCOCC3)c(OC)cc12. The smallest absolute Gasteiger partial charge is 0.252 e. The molecule has 0 bridgehead atoms. The van der Waals surface area contributed by atoms with Gasteiger partial charge in [-0.15, -0.1) is 0 Å². The number of methoxy groups -OCH3 is 1. The average Bonchev–Trinajstić information content (AvgIpc) is 2.87. The first-order chi connectivity index (χ1) is 16.6. The van der Waals surface area contributed by atoms with Gasteiger partial charge in [-0.1, -0.05) is 25.1 Å². The van der Waals surface area contributed by atoms with Gasteiger partial charge in [0.1, 0.15) is 0 Å². The van der Waals surface area contributed by atoms with Crippen molar-refractivity contribution >= 4 is 28.2 Å². The molecule has 180 valence electrons. The summed E-state index contributed by atoms with van der Waals surface area (Å²) in [4.78, 5) is 19.1. The number of benzene rings is 2. The molecule has 0 unspecified atom stereocenters. The third kappa shape index (κ3) is 5.40. The van der Waals surface area contributed by atoms with Gasteiger partial charge in [0.2, 0.25) is 0 Å². The molecule has 34 heavy (non-hydrogen) atoms. The Labute approximate surface area is 200 Å². The van der Waals surface area contributed by atoms with Crippen LogP contribution < -0.4 is 20.5 Å². The minimum absolute atomic E-state index is 0.319. The van der Waals surface area contributed by atoms with Gasteiger partial charge in [0.15, 0.2) is 11.5 Å². The molecule has 0 saturated carbocycles. The van der Waals surface area contributed by atoms with Crippen molar-refractivity contribution < 1.29 is 19.0 Å². The Balaban J connectivity index is 1.61. The van der Waals surface area contributed by atoms with Crippen molar-refractivity contribution in [1.82, 2.24) is 9.88 Å². The van der Waals surface area contributed by atoms with E-state index in [1.165, 1.54) is 6.20 Å². The van der Waals surface area contributed by atoms with Gasteiger partial charge >= 0.3 is 0 Å². The van der Waals surface area contributed by atoms with Gasteiger partial charge in [-0.3, -0.25) is 14.7 Å². The number of hydrogen-bond donors (Lipinski definition) is 2. The minimum atomic E-state index is -0.548. The van der Waals surface area contributed by atoms with Crippen molar-refractivity contribution in [1.29, 1.82) is 0 Å². The molecule has 3 N–H and O–H groups in total. The molecule has 8 nitrogen and oxygen atoms in total. The van der Waals surface area contributed by atoms with E-state index in [9.17, 15) is 4.79 Å². The number of anilines is 2. The lowest BCUT2D eigenvalue weighted by atomic mass is 10.1. The van der Waals surface area contributed by atoms with Crippen LogP contribution in [0, 0.1) is 0 Å². The van der Waals surface area contributed by atoms with Crippen LogP contribution in [0.5, 0.6) is 11.5 Å². The van der Waals surface area contributed by atoms with Crippen LogP contribution >= 0.6 is 0 Å². The third-order valence-electron chi connectivity index (χ3n) is 6.06. The van der Waals surface area contributed by atoms with Crippen molar-refractivity contribution in [2.75, 3.05) is 51.9 Å². The number of pyridine rings is 1. The molecule has 1 amide bonds. The normalized spacial score (nSPS) is 14.2. The number of fused-ring (bicyclic) bond motifs is 1. The van der Waals surface area contributed by atoms with Crippen LogP contribution in [0.15, 0.2) is 42.6 Å². The summed E-state index contributed by atoms with van der Waals surface area (Å²) in [6.45, 7) is 7.11. The van der Waals surface area contributed by atoms with Crippen molar-refractivity contribution in [3.05, 3.63) is 53.7 Å². The molecule has 1 fully saturated rings. The zero-order valence-corrected chi connectivity index (χ0v) is 19.8. The number of morpholine rings is 1. The number of aryl methyl sites for hydroxylation is 1. The van der Waals surface area contributed by atoms with E-state index < -0.39 is 5.91 Å². The summed E-state index contributed by atoms with van der Waals surface area (Å²) in [5.41, 5.74) is 9.35. The summed E-state index contributed by atoms with van der Waals surface area (Å²) < 4.78 is 17.1. The third-order valence-corrected chi connectivity index (χ3v) is 6.06. The molecule has 1 aliphatic heterocycles. The van der Waals surface area contributed by atoms with Crippen LogP contribution in [0.2, 0.25) is 0 Å². The van der Waals surface area contributed by atoms with Gasteiger partial charge in [-0.25, -0.2) is 0 Å². The first kappa shape index (κ1) is 23.8. The zero-order chi connectivity index (χ0) is 23.9. The molecule has 0 spiro atoms. The number of carbonyl (C=O) groups is 1. The Morgan fingerprint density at radius 2 is 2.00 bits per heavy atom. The molecule has 1 saturated heterocycles. The van der Waals surface area contributed by atoms with Gasteiger partial charge in [-0.05, 0) is 30.5 Å². The maximum atomic E-state index is 12.2. The highest BCUT2D eigenvalue weighted by Gasteiger charge is 2.18. The molecule has 4 rings (SSSR count). The van der Waals surface area contributed by atoms with Crippen LogP contribution in [-0.2, 0) is 11.2 Å². The summed E-state index contributed by atoms with van der Waals surface area (Å²) in [6, 6.07) is 11.7. The lowest BCUT2D eigenvalue weighted by Crippen LogP contribution is -2.37. The number of aromatic nitrogens is 1. The first-order valence-electron chi connectivity index (χ1n) is 11.7. The molecule has 8 heteroatoms. The maximum Gasteiger partial charge on any atom is 0.252 e. The topological polar surface area (TPSA) is 98.9 Å². The van der Waals surface area contributed by atoms with E-state index in [2.05, 4.69) is 28.2 Å². The predicted molar refractivity (Wildman–Crippen MR) is 133 cm³/mol. The van der Waals surface area contributed by atoms with Crippen LogP contribution in [0.1, 0.15) is 29.3 Å². The number of amides is 1. The number of primary amides is 1. The summed E-state index contributed by atoms with van der Waals surface area (Å²) in [6.07, 6.45) is 3.26. The monoisotopic (exact) mass is 464 g/mol. The molecular formula is C26H32N4O4. The highest BCUT2D eigenvalue weighted by Crippen LogP contribution is 2.37. The Kier molecular flexibility index (Phi) is 7.82. The van der Waals surface area contributed by atoms with Crippen LogP contribution in [0.25, 0.3) is 10.9 Å². The van der Waals surface area contributed by atoms with Crippen molar-refractivity contribution in [2.45, 2.75) is 19.8 Å². The van der Waals surface area contributed by atoms with Gasteiger partial charge in [0, 0.05) is 43.0 Å². The Morgan fingerprint density at radius 3 is 2.74 bits per heavy atom. The van der Waals surface area contributed by atoms with E-state index in [1.54, 1.807) is 7.11 Å². The van der Waals surface area contributed by atoms with Crippen molar-refractivity contribution in [2.24, 2.45) is 5.73 Å². The second-order valence-electron chi connectivity index (χ2n) is 8.22. The number of para-hydroxylation sites is 1. The van der Waals surface area contributed by atoms with Gasteiger partial charge < -0.3 is 25.3 Å². The van der Waals surface area contributed by atoms with E-state index in [4.69, 9.17) is 19.9 Å². The van der Waals surface area contributed by atoms with Crippen LogP contribution in [-0.4, -0.2) is 62.4 Å². The molecule has 0 atom stereocenters. The number of ether oxygens (including phenoxy) is 3. The molecule has 2 heterocycles. The average molecular weight is 465 g/mol. The number of rotatable bonds is 10. The Bertz CT molecular complexity index is 1150. The molecule has 1 aliphatic rings. The fourth-order valence-electron chi connectivity index (χ4n) is 4.17. The molecular weight excluding hydrogens is 432 g/mol. The van der Waals surface area contributed by atoms with Crippen LogP contribution in [0.4, 0.5) is 11.4 Å². The van der Waals surface area contributed by atoms with E-state index in [-0.39, 0.29) is 0 Å². The lowest BCUT2D eigenvalue weighted by molar-refractivity contribution is 0.0357. The summed E-state index contributed by atoms with van der Waals surface area (Å²) in [5, 5.41) is 4.16. The van der Waals surface area contributed by atoms with E-state index >= 15 is 0 Å². The molecule has 2 aromatic carbocycles. The fraction of sp³-hybridized carbons (Fsp3) is 0.385. The predicted octanol–water partition coefficient (Wildman–Crippen LogP) is 3.75. The largest absolute Gasteiger partial charge is 0.493 e. The van der Waals surface area contributed by atoms with E-state index in [0.717, 1.165) is 62.3 Å². The molecule has 1 aromatic heterocycles. The summed E-state index contributed by atoms with van der Waals surface area (Å²) in [5.74, 6) is 0.651. The molecule has 3 aromatic rings. The number of carbonyl (C=O) groups excluding carboxylic acids is 1. The fourth-order valence-corrected chi connectivity index (χ4v) is 4.17. The van der Waals surface area contributed by atoms with Crippen molar-refractivity contribution in [3.8, 4) is 11.5 Å². The van der Waals surface area contributed by atoms with Gasteiger partial charge in [0.25, 0.3) is 5.91 Å². The molecule has 0 radical (unpaired) electrons. The van der Waals surface area contributed by atoms with Crippen molar-refractivity contribution in [3.63, 3.8) is 0 Å². The highest BCUT2D eigenvalue weighted by atomic mass is 16.5. The lowest BCUT2D eigenvalue weighted by Gasteiger charge is -2.26. The van der Waals surface area contributed by atoms with Crippen LogP contribution in [0.3, 0.4) is 0 Å². The first-order valence-corrected chi connectivity index (χ1v) is 11.7. The number of nitrogens with one attached hydrogen (secondary N) is 1. The second kappa shape index (κ2) is 11.2. The Morgan fingerprint density at radius 1 is 1.21 bits per heavy atom. The van der Waals surface area contributed by atoms with E-state index in [1.807, 2.05) is 30.3 Å². The quantitative estimate of drug-likeness (QED) is 0.441. The van der Waals surface area contributed by atoms with E-state index in [0.29, 0.717) is 34.9 Å². The second-order valence-corrected chi connectivity index (χ2v) is 8.22. The minimum Gasteiger partial charge on any atom is -0.493 e. The standard InChI is InChI=1S/C26H32N4O4/c1-3-18-7-4-5-8-21(18)29-25-19-15-23(32-2)24(16-22(19)28-17-20(25)26(27)31)34-12-6-9-30-10-13-33-14-11-30/h4-5,7-8,15-17H,3,6,9-14H2,1-2H3,(H2,27,31)(H,28,29). The van der Waals surface area contributed by atoms with Gasteiger partial charge in [0.05, 0.1) is 43.7 Å².